The number of hydrogen-bond acceptors (Lipinski definition) is 3. The Morgan fingerprint density at radius 1 is 1.62 bits per heavy atom. The molecule has 1 heterocycles. The normalized spacial score (nSPS) is 22.3. The SMILES string of the molecule is CCN1CCCC1CN(C)CC=CC(=O)O. The molecule has 0 saturated carbocycles. The summed E-state index contributed by atoms with van der Waals surface area (Å²) >= 11 is 0. The Morgan fingerprint density at radius 3 is 3.00 bits per heavy atom. The van der Waals surface area contributed by atoms with E-state index in [4.69, 9.17) is 5.11 Å². The monoisotopic (exact) mass is 226 g/mol. The lowest BCUT2D eigenvalue weighted by Crippen LogP contribution is -2.38. The summed E-state index contributed by atoms with van der Waals surface area (Å²) < 4.78 is 0. The minimum atomic E-state index is -0.871. The summed E-state index contributed by atoms with van der Waals surface area (Å²) in [5, 5.41) is 8.48. The molecule has 1 aliphatic rings. The topological polar surface area (TPSA) is 43.8 Å². The van der Waals surface area contributed by atoms with Gasteiger partial charge in [-0.1, -0.05) is 13.0 Å². The molecule has 0 bridgehead atoms. The summed E-state index contributed by atoms with van der Waals surface area (Å²) in [7, 11) is 2.04. The number of rotatable bonds is 6. The van der Waals surface area contributed by atoms with Crippen molar-refractivity contribution in [3.63, 3.8) is 0 Å². The highest BCUT2D eigenvalue weighted by molar-refractivity contribution is 5.79. The van der Waals surface area contributed by atoms with Crippen molar-refractivity contribution in [2.45, 2.75) is 25.8 Å². The number of carboxylic acids is 1. The molecule has 4 heteroatoms. The molecule has 0 aromatic heterocycles. The molecule has 0 aromatic carbocycles. The lowest BCUT2D eigenvalue weighted by molar-refractivity contribution is -0.131. The van der Waals surface area contributed by atoms with E-state index >= 15 is 0 Å². The molecule has 0 aromatic rings. The lowest BCUT2D eigenvalue weighted by atomic mass is 10.2. The summed E-state index contributed by atoms with van der Waals surface area (Å²) in [6.07, 6.45) is 5.47. The Bertz CT molecular complexity index is 253. The first-order chi connectivity index (χ1) is 7.63. The van der Waals surface area contributed by atoms with Gasteiger partial charge >= 0.3 is 5.97 Å². The highest BCUT2D eigenvalue weighted by atomic mass is 16.4. The lowest BCUT2D eigenvalue weighted by Gasteiger charge is -2.27. The minimum Gasteiger partial charge on any atom is -0.478 e. The average Bonchev–Trinajstić information content (AvgIpc) is 2.64. The third-order valence-corrected chi connectivity index (χ3v) is 3.11. The predicted octanol–water partition coefficient (Wildman–Crippen LogP) is 1.04. The van der Waals surface area contributed by atoms with Crippen molar-refractivity contribution in [2.75, 3.05) is 33.2 Å². The van der Waals surface area contributed by atoms with E-state index in [2.05, 4.69) is 16.7 Å². The van der Waals surface area contributed by atoms with E-state index in [9.17, 15) is 4.79 Å². The molecule has 1 atom stereocenters. The van der Waals surface area contributed by atoms with Gasteiger partial charge in [0, 0.05) is 25.2 Å². The second-order valence-corrected chi connectivity index (χ2v) is 4.39. The van der Waals surface area contributed by atoms with Crippen LogP contribution in [0.4, 0.5) is 0 Å². The van der Waals surface area contributed by atoms with Crippen LogP contribution in [0.5, 0.6) is 0 Å². The minimum absolute atomic E-state index is 0.647. The molecule has 1 N–H and O–H groups in total. The first kappa shape index (κ1) is 13.2. The first-order valence-electron chi connectivity index (χ1n) is 5.95. The molecule has 1 saturated heterocycles. The molecule has 92 valence electrons. The third kappa shape index (κ3) is 4.33. The number of likely N-dealkylation sites (N-methyl/N-ethyl adjacent to an activating group) is 2. The van der Waals surface area contributed by atoms with E-state index in [0.717, 1.165) is 13.1 Å². The molecule has 1 unspecified atom stereocenters. The van der Waals surface area contributed by atoms with E-state index in [1.54, 1.807) is 6.08 Å². The molecule has 1 aliphatic heterocycles. The van der Waals surface area contributed by atoms with Crippen molar-refractivity contribution >= 4 is 5.97 Å². The maximum Gasteiger partial charge on any atom is 0.328 e. The van der Waals surface area contributed by atoms with Crippen LogP contribution in [0.25, 0.3) is 0 Å². The maximum atomic E-state index is 10.3. The number of carboxylic acid groups (broad SMARTS) is 1. The molecular formula is C12H22N2O2. The summed E-state index contributed by atoms with van der Waals surface area (Å²) in [6.45, 7) is 6.25. The Labute approximate surface area is 97.5 Å². The van der Waals surface area contributed by atoms with Crippen LogP contribution >= 0.6 is 0 Å². The van der Waals surface area contributed by atoms with Gasteiger partial charge in [-0.15, -0.1) is 0 Å². The second kappa shape index (κ2) is 6.66. The summed E-state index contributed by atoms with van der Waals surface area (Å²) in [4.78, 5) is 15.0. The smallest absolute Gasteiger partial charge is 0.328 e. The molecule has 4 nitrogen and oxygen atoms in total. The van der Waals surface area contributed by atoms with Gasteiger partial charge < -0.3 is 10.0 Å². The van der Waals surface area contributed by atoms with Crippen LogP contribution in [0.1, 0.15) is 19.8 Å². The maximum absolute atomic E-state index is 10.3. The van der Waals surface area contributed by atoms with Gasteiger partial charge in [0.05, 0.1) is 0 Å². The molecule has 1 fully saturated rings. The zero-order valence-electron chi connectivity index (χ0n) is 10.2. The van der Waals surface area contributed by atoms with E-state index in [-0.39, 0.29) is 0 Å². The van der Waals surface area contributed by atoms with Crippen molar-refractivity contribution in [3.05, 3.63) is 12.2 Å². The van der Waals surface area contributed by atoms with Crippen LogP contribution in [0.2, 0.25) is 0 Å². The second-order valence-electron chi connectivity index (χ2n) is 4.39. The highest BCUT2D eigenvalue weighted by Gasteiger charge is 2.23. The number of likely N-dealkylation sites (tertiary alicyclic amines) is 1. The molecule has 0 aliphatic carbocycles. The fourth-order valence-corrected chi connectivity index (χ4v) is 2.29. The molecular weight excluding hydrogens is 204 g/mol. The highest BCUT2D eigenvalue weighted by Crippen LogP contribution is 2.16. The van der Waals surface area contributed by atoms with E-state index in [0.29, 0.717) is 12.6 Å². The summed E-state index contributed by atoms with van der Waals surface area (Å²) in [5.74, 6) is -0.871. The predicted molar refractivity (Wildman–Crippen MR) is 64.5 cm³/mol. The molecule has 16 heavy (non-hydrogen) atoms. The molecule has 1 rings (SSSR count). The summed E-state index contributed by atoms with van der Waals surface area (Å²) in [5.41, 5.74) is 0. The van der Waals surface area contributed by atoms with Gasteiger partial charge in [0.2, 0.25) is 0 Å². The Balaban J connectivity index is 2.27. The van der Waals surface area contributed by atoms with Gasteiger partial charge in [-0.25, -0.2) is 4.79 Å². The van der Waals surface area contributed by atoms with Crippen LogP contribution in [0.15, 0.2) is 12.2 Å². The first-order valence-corrected chi connectivity index (χ1v) is 5.95. The zero-order valence-corrected chi connectivity index (χ0v) is 10.2. The summed E-state index contributed by atoms with van der Waals surface area (Å²) in [6, 6.07) is 0.647. The van der Waals surface area contributed by atoms with Crippen LogP contribution in [-0.4, -0.2) is 60.1 Å². The van der Waals surface area contributed by atoms with Crippen molar-refractivity contribution in [1.82, 2.24) is 9.80 Å². The van der Waals surface area contributed by atoms with Gasteiger partial charge in [0.1, 0.15) is 0 Å². The number of aliphatic carboxylic acids is 1. The van der Waals surface area contributed by atoms with Crippen molar-refractivity contribution in [2.24, 2.45) is 0 Å². The Hall–Kier alpha value is -0.870. The van der Waals surface area contributed by atoms with Crippen molar-refractivity contribution in [1.29, 1.82) is 0 Å². The van der Waals surface area contributed by atoms with Crippen LogP contribution in [0.3, 0.4) is 0 Å². The third-order valence-electron chi connectivity index (χ3n) is 3.11. The number of nitrogens with zero attached hydrogens (tertiary/aromatic N) is 2. The molecule has 0 radical (unpaired) electrons. The van der Waals surface area contributed by atoms with Gasteiger partial charge in [0.15, 0.2) is 0 Å². The van der Waals surface area contributed by atoms with Gasteiger partial charge in [-0.3, -0.25) is 4.90 Å². The van der Waals surface area contributed by atoms with E-state index < -0.39 is 5.97 Å². The van der Waals surface area contributed by atoms with Gasteiger partial charge in [0.25, 0.3) is 0 Å². The van der Waals surface area contributed by atoms with Crippen LogP contribution < -0.4 is 0 Å². The Morgan fingerprint density at radius 2 is 2.38 bits per heavy atom. The van der Waals surface area contributed by atoms with E-state index in [1.165, 1.54) is 25.5 Å². The molecule has 0 spiro atoms. The van der Waals surface area contributed by atoms with Crippen LogP contribution in [0, 0.1) is 0 Å². The molecule has 0 amide bonds. The van der Waals surface area contributed by atoms with Crippen molar-refractivity contribution in [3.8, 4) is 0 Å². The van der Waals surface area contributed by atoms with Crippen LogP contribution in [-0.2, 0) is 4.79 Å². The zero-order chi connectivity index (χ0) is 12.0. The fourth-order valence-electron chi connectivity index (χ4n) is 2.29. The standard InChI is InChI=1S/C12H22N2O2/c1-3-14-9-4-6-11(14)10-13(2)8-5-7-12(15)16/h5,7,11H,3-4,6,8-10H2,1-2H3,(H,15,16). The Kier molecular flexibility index (Phi) is 5.49. The number of carbonyl (C=O) groups is 1. The average molecular weight is 226 g/mol. The quantitative estimate of drug-likeness (QED) is 0.687. The largest absolute Gasteiger partial charge is 0.478 e. The van der Waals surface area contributed by atoms with Gasteiger partial charge in [-0.2, -0.15) is 0 Å². The van der Waals surface area contributed by atoms with E-state index in [1.807, 2.05) is 7.05 Å². The van der Waals surface area contributed by atoms with Gasteiger partial charge in [-0.05, 0) is 33.0 Å². The van der Waals surface area contributed by atoms with Crippen molar-refractivity contribution < 1.29 is 9.90 Å². The number of hydrogen-bond donors (Lipinski definition) is 1. The fraction of sp³-hybridized carbons (Fsp3) is 0.750.